The highest BCUT2D eigenvalue weighted by Gasteiger charge is 2.31. The molecular formula is C26H40O13S3. The van der Waals surface area contributed by atoms with E-state index in [4.69, 9.17) is 23.3 Å². The maximum absolute atomic E-state index is 12.5. The molecule has 3 N–H and O–H groups in total. The van der Waals surface area contributed by atoms with Crippen LogP contribution in [0, 0.1) is 5.92 Å². The van der Waals surface area contributed by atoms with Gasteiger partial charge in [-0.2, -0.15) is 16.8 Å². The Morgan fingerprint density at radius 2 is 1.33 bits per heavy atom. The van der Waals surface area contributed by atoms with E-state index in [1.165, 1.54) is 17.8 Å². The minimum atomic E-state index is -4.77. The topological polar surface area (TPSA) is 208 Å². The lowest BCUT2D eigenvalue weighted by molar-refractivity contribution is -0.150. The van der Waals surface area contributed by atoms with Crippen molar-refractivity contribution >= 4 is 49.9 Å². The van der Waals surface area contributed by atoms with Crippen molar-refractivity contribution in [3.05, 3.63) is 45.1 Å². The molecule has 1 atom stereocenters. The Kier molecular flexibility index (Phi) is 17.1. The van der Waals surface area contributed by atoms with Crippen molar-refractivity contribution in [2.75, 3.05) is 30.5 Å². The molecule has 1 unspecified atom stereocenters. The number of aliphatic hydroxyl groups is 1. The number of carbonyl (C=O) groups is 3. The van der Waals surface area contributed by atoms with Gasteiger partial charge in [-0.25, -0.2) is 4.79 Å². The molecule has 0 saturated carbocycles. The van der Waals surface area contributed by atoms with Crippen LogP contribution in [-0.4, -0.2) is 85.5 Å². The molecule has 0 aromatic rings. The van der Waals surface area contributed by atoms with Crippen molar-refractivity contribution in [2.45, 2.75) is 61.0 Å². The first kappa shape index (κ1) is 39.5. The van der Waals surface area contributed by atoms with E-state index < -0.39 is 61.7 Å². The van der Waals surface area contributed by atoms with Crippen LogP contribution in [-0.2, 0) is 48.8 Å². The van der Waals surface area contributed by atoms with Crippen molar-refractivity contribution < 1.29 is 59.6 Å². The molecule has 16 heteroatoms. The lowest BCUT2D eigenvalue weighted by atomic mass is 10.1. The molecule has 13 nitrogen and oxygen atoms in total. The SMILES string of the molecule is CC(C)=CC(C(=O)OCC(O)COC(=O)CCS/C(C)=C/C(OC(=O)C(CS(=O)(=O)O)CS(=O)(=O)O)=C(C)C)=C(C)C. The van der Waals surface area contributed by atoms with Gasteiger partial charge in [0, 0.05) is 5.75 Å². The zero-order valence-electron chi connectivity index (χ0n) is 24.7. The van der Waals surface area contributed by atoms with Crippen LogP contribution < -0.4 is 0 Å². The molecule has 0 aliphatic heterocycles. The van der Waals surface area contributed by atoms with E-state index in [1.54, 1.807) is 40.7 Å². The number of aliphatic hydroxyl groups excluding tert-OH is 1. The summed E-state index contributed by atoms with van der Waals surface area (Å²) in [5, 5.41) is 10.0. The largest absolute Gasteiger partial charge is 0.463 e. The Hall–Kier alpha value is -2.50. The van der Waals surface area contributed by atoms with Gasteiger partial charge in [-0.05, 0) is 71.1 Å². The molecule has 42 heavy (non-hydrogen) atoms. The summed E-state index contributed by atoms with van der Waals surface area (Å²) in [6.07, 6.45) is 1.81. The second-order valence-corrected chi connectivity index (χ2v) is 14.2. The summed E-state index contributed by atoms with van der Waals surface area (Å²) in [7, 11) is -9.53. The van der Waals surface area contributed by atoms with Crippen LogP contribution in [0.25, 0.3) is 0 Å². The summed E-state index contributed by atoms with van der Waals surface area (Å²) in [5.41, 5.74) is 2.49. The summed E-state index contributed by atoms with van der Waals surface area (Å²) in [4.78, 5) is 37.3. The summed E-state index contributed by atoms with van der Waals surface area (Å²) in [5.74, 6) is -6.74. The van der Waals surface area contributed by atoms with Gasteiger partial charge in [0.2, 0.25) is 0 Å². The van der Waals surface area contributed by atoms with E-state index in [0.29, 0.717) is 16.1 Å². The van der Waals surface area contributed by atoms with E-state index in [1.807, 2.05) is 13.8 Å². The quantitative estimate of drug-likeness (QED) is 0.0514. The molecule has 240 valence electrons. The van der Waals surface area contributed by atoms with Gasteiger partial charge in [-0.1, -0.05) is 11.1 Å². The first-order chi connectivity index (χ1) is 19.1. The number of rotatable bonds is 17. The molecule has 0 radical (unpaired) electrons. The lowest BCUT2D eigenvalue weighted by Crippen LogP contribution is -2.31. The standard InChI is InChI=1S/C26H40O13S3/c1-16(2)10-22(17(3)4)26(30)38-13-21(27)12-37-24(28)8-9-40-19(7)11-23(18(5)6)39-25(29)20(14-41(31,32)33)15-42(34,35)36/h10-11,20-21,27H,8-9,12-15H2,1-7H3,(H,31,32,33)(H,34,35,36)/b19-11+. The summed E-state index contributed by atoms with van der Waals surface area (Å²) in [6.45, 7) is 11.2. The molecule has 0 amide bonds. The number of thioether (sulfide) groups is 1. The van der Waals surface area contributed by atoms with Crippen LogP contribution in [0.5, 0.6) is 0 Å². The minimum Gasteiger partial charge on any atom is -0.463 e. The molecule has 0 aliphatic rings. The molecule has 0 fully saturated rings. The van der Waals surface area contributed by atoms with Crippen LogP contribution in [0.4, 0.5) is 0 Å². The highest BCUT2D eigenvalue weighted by Crippen LogP contribution is 2.22. The third-order valence-electron chi connectivity index (χ3n) is 4.87. The van der Waals surface area contributed by atoms with Gasteiger partial charge in [0.05, 0.1) is 29.4 Å². The molecule has 0 aromatic carbocycles. The Morgan fingerprint density at radius 3 is 1.79 bits per heavy atom. The van der Waals surface area contributed by atoms with E-state index in [0.717, 1.165) is 11.1 Å². The maximum Gasteiger partial charge on any atom is 0.338 e. The van der Waals surface area contributed by atoms with Crippen molar-refractivity contribution in [1.29, 1.82) is 0 Å². The van der Waals surface area contributed by atoms with Crippen molar-refractivity contribution in [2.24, 2.45) is 5.92 Å². The predicted molar refractivity (Wildman–Crippen MR) is 157 cm³/mol. The van der Waals surface area contributed by atoms with Crippen LogP contribution in [0.1, 0.15) is 54.9 Å². The Bertz CT molecular complexity index is 1270. The smallest absolute Gasteiger partial charge is 0.338 e. The van der Waals surface area contributed by atoms with Gasteiger partial charge < -0.3 is 19.3 Å². The normalized spacial score (nSPS) is 12.7. The number of hydrogen-bond donors (Lipinski definition) is 3. The first-order valence-electron chi connectivity index (χ1n) is 12.5. The fourth-order valence-corrected chi connectivity index (χ4v) is 5.39. The van der Waals surface area contributed by atoms with Gasteiger partial charge in [-0.3, -0.25) is 18.7 Å². The van der Waals surface area contributed by atoms with Gasteiger partial charge in [0.25, 0.3) is 20.2 Å². The molecule has 0 bridgehead atoms. The number of hydrogen-bond acceptors (Lipinski definition) is 12. The van der Waals surface area contributed by atoms with E-state index in [2.05, 4.69) is 0 Å². The first-order valence-corrected chi connectivity index (χ1v) is 16.8. The number of carbonyl (C=O) groups excluding carboxylic acids is 3. The maximum atomic E-state index is 12.5. The second kappa shape index (κ2) is 18.2. The van der Waals surface area contributed by atoms with Gasteiger partial charge >= 0.3 is 17.9 Å². The Morgan fingerprint density at radius 1 is 0.810 bits per heavy atom. The molecule has 0 rings (SSSR count). The fourth-order valence-electron chi connectivity index (χ4n) is 2.94. The molecular weight excluding hydrogens is 616 g/mol. The Labute approximate surface area is 251 Å². The zero-order valence-corrected chi connectivity index (χ0v) is 27.2. The average molecular weight is 657 g/mol. The summed E-state index contributed by atoms with van der Waals surface area (Å²) < 4.78 is 78.1. The highest BCUT2D eigenvalue weighted by atomic mass is 32.2. The van der Waals surface area contributed by atoms with E-state index in [-0.39, 0.29) is 31.1 Å². The van der Waals surface area contributed by atoms with Crippen LogP contribution in [0.2, 0.25) is 0 Å². The molecule has 0 aliphatic carbocycles. The third-order valence-corrected chi connectivity index (χ3v) is 7.49. The third kappa shape index (κ3) is 18.8. The van der Waals surface area contributed by atoms with Crippen LogP contribution in [0.3, 0.4) is 0 Å². The van der Waals surface area contributed by atoms with Gasteiger partial charge in [-0.15, -0.1) is 11.8 Å². The van der Waals surface area contributed by atoms with Crippen LogP contribution >= 0.6 is 11.8 Å². The fraction of sp³-hybridized carbons (Fsp3) is 0.577. The lowest BCUT2D eigenvalue weighted by Gasteiger charge is -2.15. The Balaban J connectivity index is 4.94. The average Bonchev–Trinajstić information content (AvgIpc) is 2.81. The minimum absolute atomic E-state index is 0.0261. The van der Waals surface area contributed by atoms with E-state index >= 15 is 0 Å². The summed E-state index contributed by atoms with van der Waals surface area (Å²) in [6, 6.07) is 0. The van der Waals surface area contributed by atoms with Gasteiger partial charge in [0.15, 0.2) is 0 Å². The number of esters is 3. The molecule has 0 heterocycles. The molecule has 0 aromatic heterocycles. The van der Waals surface area contributed by atoms with Gasteiger partial charge in [0.1, 0.15) is 25.1 Å². The number of ether oxygens (including phenoxy) is 3. The predicted octanol–water partition coefficient (Wildman–Crippen LogP) is 2.99. The van der Waals surface area contributed by atoms with E-state index in [9.17, 15) is 36.3 Å². The van der Waals surface area contributed by atoms with Crippen molar-refractivity contribution in [3.63, 3.8) is 0 Å². The number of allylic oxidation sites excluding steroid dienone is 5. The van der Waals surface area contributed by atoms with Crippen molar-refractivity contribution in [3.8, 4) is 0 Å². The van der Waals surface area contributed by atoms with Crippen LogP contribution in [0.15, 0.2) is 45.1 Å². The summed E-state index contributed by atoms with van der Waals surface area (Å²) >= 11 is 1.19. The highest BCUT2D eigenvalue weighted by molar-refractivity contribution is 8.03. The monoisotopic (exact) mass is 656 g/mol. The molecule has 0 spiro atoms. The van der Waals surface area contributed by atoms with Crippen molar-refractivity contribution in [1.82, 2.24) is 0 Å². The second-order valence-electron chi connectivity index (χ2n) is 9.90. The zero-order chi connectivity index (χ0) is 32.8. The molecule has 0 saturated heterocycles.